The lowest BCUT2D eigenvalue weighted by molar-refractivity contribution is -0.141. The molecule has 0 aromatic heterocycles. The Morgan fingerprint density at radius 1 is 1.40 bits per heavy atom. The number of benzene rings is 1. The highest BCUT2D eigenvalue weighted by Crippen LogP contribution is 2.15. The third-order valence-corrected chi connectivity index (χ3v) is 2.53. The summed E-state index contributed by atoms with van der Waals surface area (Å²) in [6, 6.07) is 3.53. The minimum Gasteiger partial charge on any atom is -0.481 e. The lowest BCUT2D eigenvalue weighted by Gasteiger charge is -2.21. The summed E-state index contributed by atoms with van der Waals surface area (Å²) in [7, 11) is 0. The fourth-order valence-electron chi connectivity index (χ4n) is 1.56. The average molecular weight is 284 g/mol. The minimum absolute atomic E-state index is 0.0142. The van der Waals surface area contributed by atoms with Crippen LogP contribution in [0.3, 0.4) is 0 Å². The highest BCUT2D eigenvalue weighted by Gasteiger charge is 2.24. The quantitative estimate of drug-likeness (QED) is 0.658. The first kappa shape index (κ1) is 15.9. The number of carboxylic acids is 1. The zero-order chi connectivity index (χ0) is 15.3. The minimum atomic E-state index is -1.58. The second-order valence-electron chi connectivity index (χ2n) is 4.86. The van der Waals surface area contributed by atoms with Gasteiger partial charge in [0, 0.05) is 6.54 Å². The summed E-state index contributed by atoms with van der Waals surface area (Å²) in [5, 5.41) is 22.9. The summed E-state index contributed by atoms with van der Waals surface area (Å²) in [4.78, 5) is 22.1. The van der Waals surface area contributed by atoms with Crippen molar-refractivity contribution >= 4 is 17.7 Å². The number of rotatable bonds is 5. The number of hydrogen-bond acceptors (Lipinski definition) is 3. The van der Waals surface area contributed by atoms with Crippen LogP contribution in [-0.2, 0) is 4.79 Å². The van der Waals surface area contributed by atoms with Gasteiger partial charge in [-0.3, -0.25) is 4.79 Å². The molecular formula is C13H17FN2O4. The highest BCUT2D eigenvalue weighted by molar-refractivity contribution is 5.89. The monoisotopic (exact) mass is 284 g/mol. The lowest BCUT2D eigenvalue weighted by atomic mass is 10.0. The molecule has 0 aliphatic rings. The van der Waals surface area contributed by atoms with Gasteiger partial charge in [-0.1, -0.05) is 6.07 Å². The van der Waals surface area contributed by atoms with Gasteiger partial charge < -0.3 is 20.8 Å². The van der Waals surface area contributed by atoms with Gasteiger partial charge in [-0.25, -0.2) is 9.18 Å². The molecule has 20 heavy (non-hydrogen) atoms. The Bertz CT molecular complexity index is 517. The van der Waals surface area contributed by atoms with Gasteiger partial charge in [0.25, 0.3) is 0 Å². The van der Waals surface area contributed by atoms with Crippen molar-refractivity contribution in [2.75, 3.05) is 11.9 Å². The van der Waals surface area contributed by atoms with Gasteiger partial charge in [-0.05, 0) is 31.5 Å². The van der Waals surface area contributed by atoms with Gasteiger partial charge in [-0.15, -0.1) is 0 Å². The number of amides is 2. The maximum Gasteiger partial charge on any atom is 0.319 e. The van der Waals surface area contributed by atoms with E-state index in [1.807, 2.05) is 0 Å². The largest absolute Gasteiger partial charge is 0.481 e. The van der Waals surface area contributed by atoms with Crippen molar-refractivity contribution < 1.29 is 24.2 Å². The standard InChI is InChI=1S/C13H17FN2O4/c1-8-3-4-9(14)10(5-8)16-12(19)15-7-13(2,20)6-11(17)18/h3-5,20H,6-7H2,1-2H3,(H,17,18)(H2,15,16,19). The SMILES string of the molecule is Cc1ccc(F)c(NC(=O)NCC(C)(O)CC(=O)O)c1. The molecule has 0 aliphatic carbocycles. The van der Waals surface area contributed by atoms with Crippen LogP contribution in [0.15, 0.2) is 18.2 Å². The van der Waals surface area contributed by atoms with E-state index in [2.05, 4.69) is 10.6 Å². The summed E-state index contributed by atoms with van der Waals surface area (Å²) in [5.41, 5.74) is -0.783. The van der Waals surface area contributed by atoms with Gasteiger partial charge in [0.2, 0.25) is 0 Å². The molecule has 6 nitrogen and oxygen atoms in total. The first-order chi connectivity index (χ1) is 9.19. The molecule has 0 bridgehead atoms. The normalized spacial score (nSPS) is 13.4. The number of halogens is 1. The van der Waals surface area contributed by atoms with E-state index in [0.29, 0.717) is 0 Å². The van der Waals surface area contributed by atoms with E-state index in [1.165, 1.54) is 19.1 Å². The Labute approximate surface area is 115 Å². The number of aliphatic carboxylic acids is 1. The van der Waals surface area contributed by atoms with Crippen LogP contribution in [0.25, 0.3) is 0 Å². The molecule has 1 atom stereocenters. The Kier molecular flexibility index (Phi) is 5.04. The lowest BCUT2D eigenvalue weighted by Crippen LogP contribution is -2.43. The van der Waals surface area contributed by atoms with Crippen LogP contribution in [0, 0.1) is 12.7 Å². The van der Waals surface area contributed by atoms with E-state index in [0.717, 1.165) is 5.56 Å². The van der Waals surface area contributed by atoms with Gasteiger partial charge in [0.1, 0.15) is 5.82 Å². The van der Waals surface area contributed by atoms with E-state index in [-0.39, 0.29) is 12.2 Å². The van der Waals surface area contributed by atoms with Crippen LogP contribution in [0.2, 0.25) is 0 Å². The fourth-order valence-corrected chi connectivity index (χ4v) is 1.56. The summed E-state index contributed by atoms with van der Waals surface area (Å²) >= 11 is 0. The number of hydrogen-bond donors (Lipinski definition) is 4. The maximum absolute atomic E-state index is 13.4. The highest BCUT2D eigenvalue weighted by atomic mass is 19.1. The molecule has 1 aromatic carbocycles. The van der Waals surface area contributed by atoms with Crippen molar-refractivity contribution in [1.29, 1.82) is 0 Å². The van der Waals surface area contributed by atoms with Crippen LogP contribution in [0.1, 0.15) is 18.9 Å². The molecular weight excluding hydrogens is 267 g/mol. The van der Waals surface area contributed by atoms with Crippen molar-refractivity contribution in [1.82, 2.24) is 5.32 Å². The summed E-state index contributed by atoms with van der Waals surface area (Å²) in [6.07, 6.45) is -0.508. The molecule has 7 heteroatoms. The zero-order valence-electron chi connectivity index (χ0n) is 11.2. The van der Waals surface area contributed by atoms with Crippen LogP contribution >= 0.6 is 0 Å². The second-order valence-corrected chi connectivity index (χ2v) is 4.86. The van der Waals surface area contributed by atoms with Crippen molar-refractivity contribution in [3.63, 3.8) is 0 Å². The second kappa shape index (κ2) is 6.33. The number of carbonyl (C=O) groups excluding carboxylic acids is 1. The van der Waals surface area contributed by atoms with E-state index in [4.69, 9.17) is 5.11 Å². The molecule has 0 aliphatic heterocycles. The molecule has 0 spiro atoms. The van der Waals surface area contributed by atoms with Crippen LogP contribution < -0.4 is 10.6 Å². The predicted molar refractivity (Wildman–Crippen MR) is 71.0 cm³/mol. The van der Waals surface area contributed by atoms with Crippen LogP contribution in [0.4, 0.5) is 14.9 Å². The smallest absolute Gasteiger partial charge is 0.319 e. The van der Waals surface area contributed by atoms with Crippen molar-refractivity contribution in [2.24, 2.45) is 0 Å². The fraction of sp³-hybridized carbons (Fsp3) is 0.385. The Hall–Kier alpha value is -2.15. The molecule has 4 N–H and O–H groups in total. The van der Waals surface area contributed by atoms with Crippen LogP contribution in [-0.4, -0.2) is 34.4 Å². The summed E-state index contributed by atoms with van der Waals surface area (Å²) < 4.78 is 13.4. The van der Waals surface area contributed by atoms with Crippen molar-refractivity contribution in [3.8, 4) is 0 Å². The molecule has 2 amide bonds. The van der Waals surface area contributed by atoms with Gasteiger partial charge >= 0.3 is 12.0 Å². The molecule has 1 aromatic rings. The first-order valence-corrected chi connectivity index (χ1v) is 5.95. The molecule has 0 saturated carbocycles. The summed E-state index contributed by atoms with van der Waals surface area (Å²) in [5.74, 6) is -1.76. The zero-order valence-corrected chi connectivity index (χ0v) is 11.2. The molecule has 0 saturated heterocycles. The van der Waals surface area contributed by atoms with Crippen molar-refractivity contribution in [3.05, 3.63) is 29.6 Å². The van der Waals surface area contributed by atoms with Crippen LogP contribution in [0.5, 0.6) is 0 Å². The predicted octanol–water partition coefficient (Wildman–Crippen LogP) is 1.48. The van der Waals surface area contributed by atoms with E-state index < -0.39 is 29.8 Å². The maximum atomic E-state index is 13.4. The molecule has 110 valence electrons. The molecule has 0 fully saturated rings. The number of carbonyl (C=O) groups is 2. The number of aliphatic hydroxyl groups is 1. The number of carboxylic acid groups (broad SMARTS) is 1. The first-order valence-electron chi connectivity index (χ1n) is 5.95. The third-order valence-electron chi connectivity index (χ3n) is 2.53. The third kappa shape index (κ3) is 5.23. The number of urea groups is 1. The van der Waals surface area contributed by atoms with E-state index in [1.54, 1.807) is 13.0 Å². The molecule has 0 radical (unpaired) electrons. The van der Waals surface area contributed by atoms with Crippen molar-refractivity contribution in [2.45, 2.75) is 25.9 Å². The number of anilines is 1. The Morgan fingerprint density at radius 2 is 2.05 bits per heavy atom. The number of nitrogens with one attached hydrogen (secondary N) is 2. The molecule has 0 heterocycles. The molecule has 1 rings (SSSR count). The van der Waals surface area contributed by atoms with Gasteiger partial charge in [0.05, 0.1) is 17.7 Å². The number of aryl methyl sites for hydroxylation is 1. The average Bonchev–Trinajstić information content (AvgIpc) is 2.30. The summed E-state index contributed by atoms with van der Waals surface area (Å²) in [6.45, 7) is 2.77. The van der Waals surface area contributed by atoms with Gasteiger partial charge in [0.15, 0.2) is 0 Å². The van der Waals surface area contributed by atoms with Gasteiger partial charge in [-0.2, -0.15) is 0 Å². The molecule has 1 unspecified atom stereocenters. The topological polar surface area (TPSA) is 98.7 Å². The Morgan fingerprint density at radius 3 is 2.65 bits per heavy atom. The Balaban J connectivity index is 2.56. The van der Waals surface area contributed by atoms with E-state index in [9.17, 15) is 19.1 Å². The van der Waals surface area contributed by atoms with E-state index >= 15 is 0 Å².